The summed E-state index contributed by atoms with van der Waals surface area (Å²) < 4.78 is 2.11. The monoisotopic (exact) mass is 337 g/mol. The number of aromatic amines is 1. The van der Waals surface area contributed by atoms with Gasteiger partial charge in [0.1, 0.15) is 12.2 Å². The van der Waals surface area contributed by atoms with E-state index in [9.17, 15) is 4.79 Å². The van der Waals surface area contributed by atoms with Crippen molar-refractivity contribution in [3.8, 4) is 0 Å². The van der Waals surface area contributed by atoms with Crippen molar-refractivity contribution in [2.24, 2.45) is 0 Å². The number of amides is 1. The molecule has 0 saturated carbocycles. The number of piperidine rings is 1. The summed E-state index contributed by atoms with van der Waals surface area (Å²) in [6.07, 6.45) is 6.12. The van der Waals surface area contributed by atoms with Gasteiger partial charge in [0.15, 0.2) is 0 Å². The van der Waals surface area contributed by atoms with E-state index in [2.05, 4.69) is 32.7 Å². The van der Waals surface area contributed by atoms with Crippen molar-refractivity contribution in [1.29, 1.82) is 0 Å². The summed E-state index contributed by atoms with van der Waals surface area (Å²) in [5.41, 5.74) is 2.16. The minimum Gasteiger partial charge on any atom is -0.361 e. The molecule has 1 aliphatic rings. The molecule has 25 heavy (non-hydrogen) atoms. The van der Waals surface area contributed by atoms with E-state index in [4.69, 9.17) is 0 Å². The summed E-state index contributed by atoms with van der Waals surface area (Å²) in [7, 11) is 0. The van der Waals surface area contributed by atoms with Crippen LogP contribution in [0, 0.1) is 0 Å². The maximum Gasteiger partial charge on any atom is 0.227 e. The lowest BCUT2D eigenvalue weighted by Crippen LogP contribution is -2.39. The van der Waals surface area contributed by atoms with Crippen molar-refractivity contribution in [3.05, 3.63) is 48.2 Å². The molecule has 0 unspecified atom stereocenters. The molecule has 1 aliphatic heterocycles. The average Bonchev–Trinajstić information content (AvgIpc) is 3.29. The number of hydrogen-bond donors (Lipinski definition) is 1. The van der Waals surface area contributed by atoms with E-state index in [1.54, 1.807) is 6.33 Å². The fraction of sp³-hybridized carbons (Fsp3) is 0.421. The van der Waals surface area contributed by atoms with Gasteiger partial charge in [0.05, 0.1) is 6.42 Å². The first kappa shape index (κ1) is 15.9. The van der Waals surface area contributed by atoms with Gasteiger partial charge in [-0.3, -0.25) is 4.79 Å². The second kappa shape index (κ2) is 6.70. The van der Waals surface area contributed by atoms with Crippen LogP contribution in [0.5, 0.6) is 0 Å². The SMILES string of the molecule is CCn1cnnc1C1CCN(C(=O)Cc2c[nH]c3ccccc23)CC1. The maximum atomic E-state index is 12.7. The Morgan fingerprint density at radius 3 is 2.88 bits per heavy atom. The number of carbonyl (C=O) groups is 1. The van der Waals surface area contributed by atoms with Gasteiger partial charge < -0.3 is 14.5 Å². The number of hydrogen-bond acceptors (Lipinski definition) is 3. The minimum absolute atomic E-state index is 0.208. The van der Waals surface area contributed by atoms with Crippen LogP contribution in [0.3, 0.4) is 0 Å². The van der Waals surface area contributed by atoms with Crippen LogP contribution in [0.2, 0.25) is 0 Å². The zero-order chi connectivity index (χ0) is 17.2. The predicted molar refractivity (Wildman–Crippen MR) is 96.3 cm³/mol. The molecule has 3 aromatic rings. The maximum absolute atomic E-state index is 12.7. The molecule has 6 nitrogen and oxygen atoms in total. The highest BCUT2D eigenvalue weighted by Crippen LogP contribution is 2.27. The van der Waals surface area contributed by atoms with E-state index in [1.165, 1.54) is 0 Å². The Morgan fingerprint density at radius 2 is 2.08 bits per heavy atom. The second-order valence-electron chi connectivity index (χ2n) is 6.67. The number of carbonyl (C=O) groups excluding carboxylic acids is 1. The third-order valence-corrected chi connectivity index (χ3v) is 5.22. The highest BCUT2D eigenvalue weighted by molar-refractivity contribution is 5.88. The average molecular weight is 337 g/mol. The predicted octanol–water partition coefficient (Wildman–Crippen LogP) is 2.73. The number of aromatic nitrogens is 4. The number of nitrogens with one attached hydrogen (secondary N) is 1. The molecule has 0 radical (unpaired) electrons. The molecule has 1 aromatic carbocycles. The van der Waals surface area contributed by atoms with Gasteiger partial charge in [-0.25, -0.2) is 0 Å². The van der Waals surface area contributed by atoms with Crippen LogP contribution in [-0.2, 0) is 17.8 Å². The first-order valence-electron chi connectivity index (χ1n) is 8.96. The molecule has 1 amide bonds. The van der Waals surface area contributed by atoms with Gasteiger partial charge in [0.25, 0.3) is 0 Å². The topological polar surface area (TPSA) is 66.8 Å². The van der Waals surface area contributed by atoms with Crippen LogP contribution in [0.1, 0.15) is 37.1 Å². The van der Waals surface area contributed by atoms with Crippen LogP contribution < -0.4 is 0 Å². The molecule has 0 spiro atoms. The first-order valence-corrected chi connectivity index (χ1v) is 8.96. The van der Waals surface area contributed by atoms with Gasteiger partial charge >= 0.3 is 0 Å². The fourth-order valence-electron chi connectivity index (χ4n) is 3.76. The molecular formula is C19H23N5O. The molecule has 1 N–H and O–H groups in total. The van der Waals surface area contributed by atoms with Gasteiger partial charge in [-0.1, -0.05) is 18.2 Å². The second-order valence-corrected chi connectivity index (χ2v) is 6.67. The van der Waals surface area contributed by atoms with Crippen LogP contribution >= 0.6 is 0 Å². The highest BCUT2D eigenvalue weighted by Gasteiger charge is 2.27. The number of H-pyrrole nitrogens is 1. The Morgan fingerprint density at radius 1 is 1.28 bits per heavy atom. The minimum atomic E-state index is 0.208. The summed E-state index contributed by atoms with van der Waals surface area (Å²) in [5.74, 6) is 1.67. The molecular weight excluding hydrogens is 314 g/mol. The Kier molecular flexibility index (Phi) is 4.26. The normalized spacial score (nSPS) is 15.8. The number of aryl methyl sites for hydroxylation is 1. The smallest absolute Gasteiger partial charge is 0.227 e. The molecule has 2 aromatic heterocycles. The number of fused-ring (bicyclic) bond motifs is 1. The van der Waals surface area contributed by atoms with E-state index in [0.717, 1.165) is 54.8 Å². The van der Waals surface area contributed by atoms with E-state index < -0.39 is 0 Å². The Bertz CT molecular complexity index is 873. The van der Waals surface area contributed by atoms with Crippen molar-refractivity contribution in [2.45, 2.75) is 38.6 Å². The lowest BCUT2D eigenvalue weighted by Gasteiger charge is -2.31. The van der Waals surface area contributed by atoms with E-state index in [0.29, 0.717) is 12.3 Å². The summed E-state index contributed by atoms with van der Waals surface area (Å²) in [6.45, 7) is 4.58. The molecule has 0 atom stereocenters. The molecule has 1 fully saturated rings. The molecule has 3 heterocycles. The number of nitrogens with zero attached hydrogens (tertiary/aromatic N) is 4. The lowest BCUT2D eigenvalue weighted by atomic mass is 9.95. The lowest BCUT2D eigenvalue weighted by molar-refractivity contribution is -0.131. The van der Waals surface area contributed by atoms with Gasteiger partial charge in [0.2, 0.25) is 5.91 Å². The molecule has 130 valence electrons. The molecule has 4 rings (SSSR count). The van der Waals surface area contributed by atoms with Crippen molar-refractivity contribution in [1.82, 2.24) is 24.6 Å². The van der Waals surface area contributed by atoms with Crippen LogP contribution in [-0.4, -0.2) is 43.6 Å². The van der Waals surface area contributed by atoms with Crippen LogP contribution in [0.25, 0.3) is 10.9 Å². The quantitative estimate of drug-likeness (QED) is 0.796. The zero-order valence-corrected chi connectivity index (χ0v) is 14.5. The van der Waals surface area contributed by atoms with E-state index in [1.807, 2.05) is 29.3 Å². The van der Waals surface area contributed by atoms with Gasteiger partial charge in [-0.2, -0.15) is 0 Å². The van der Waals surface area contributed by atoms with Gasteiger partial charge in [-0.15, -0.1) is 10.2 Å². The third kappa shape index (κ3) is 3.04. The highest BCUT2D eigenvalue weighted by atomic mass is 16.2. The Labute approximate surface area is 146 Å². The zero-order valence-electron chi connectivity index (χ0n) is 14.5. The number of para-hydroxylation sites is 1. The van der Waals surface area contributed by atoms with Gasteiger partial charge in [-0.05, 0) is 31.4 Å². The summed E-state index contributed by atoms with van der Waals surface area (Å²) in [6, 6.07) is 8.13. The van der Waals surface area contributed by atoms with E-state index >= 15 is 0 Å². The van der Waals surface area contributed by atoms with E-state index in [-0.39, 0.29) is 5.91 Å². The number of benzene rings is 1. The summed E-state index contributed by atoms with van der Waals surface area (Å²) >= 11 is 0. The number of likely N-dealkylation sites (tertiary alicyclic amines) is 1. The Hall–Kier alpha value is -2.63. The molecule has 0 aliphatic carbocycles. The number of rotatable bonds is 4. The van der Waals surface area contributed by atoms with Crippen LogP contribution in [0.4, 0.5) is 0 Å². The summed E-state index contributed by atoms with van der Waals surface area (Å²) in [4.78, 5) is 17.9. The largest absolute Gasteiger partial charge is 0.361 e. The van der Waals surface area contributed by atoms with Crippen LogP contribution in [0.15, 0.2) is 36.8 Å². The van der Waals surface area contributed by atoms with Crippen molar-refractivity contribution in [2.75, 3.05) is 13.1 Å². The van der Waals surface area contributed by atoms with Crippen molar-refractivity contribution < 1.29 is 4.79 Å². The van der Waals surface area contributed by atoms with Gasteiger partial charge in [0, 0.05) is 42.7 Å². The standard InChI is InChI=1S/C19H23N5O/c1-2-23-13-21-22-19(23)14-7-9-24(10-8-14)18(25)11-15-12-20-17-6-4-3-5-16(15)17/h3-6,12-14,20H,2,7-11H2,1H3. The Balaban J connectivity index is 1.40. The van der Waals surface area contributed by atoms with Crippen molar-refractivity contribution >= 4 is 16.8 Å². The summed E-state index contributed by atoms with van der Waals surface area (Å²) in [5, 5.41) is 9.45. The fourth-order valence-corrected chi connectivity index (χ4v) is 3.76. The molecule has 0 bridgehead atoms. The first-order chi connectivity index (χ1) is 12.3. The molecule has 1 saturated heterocycles. The third-order valence-electron chi connectivity index (χ3n) is 5.22. The molecule has 6 heteroatoms. The van der Waals surface area contributed by atoms with Crippen molar-refractivity contribution in [3.63, 3.8) is 0 Å².